The van der Waals surface area contributed by atoms with E-state index in [1.807, 2.05) is 48.5 Å². The SMILES string of the molecule is O=C(CNCc1ccc2c(c1)OCO2)Nc1ccccc1. The predicted molar refractivity (Wildman–Crippen MR) is 79.3 cm³/mol. The topological polar surface area (TPSA) is 59.6 Å². The molecule has 5 nitrogen and oxygen atoms in total. The zero-order valence-corrected chi connectivity index (χ0v) is 11.5. The molecule has 1 aliphatic heterocycles. The van der Waals surface area contributed by atoms with Crippen molar-refractivity contribution in [3.63, 3.8) is 0 Å². The molecule has 3 rings (SSSR count). The molecule has 2 aromatic rings. The number of rotatable bonds is 5. The first-order valence-corrected chi connectivity index (χ1v) is 6.75. The van der Waals surface area contributed by atoms with E-state index in [0.29, 0.717) is 6.54 Å². The Bertz CT molecular complexity index is 629. The summed E-state index contributed by atoms with van der Waals surface area (Å²) >= 11 is 0. The Hall–Kier alpha value is -2.53. The summed E-state index contributed by atoms with van der Waals surface area (Å²) in [6.45, 7) is 1.12. The average Bonchev–Trinajstić information content (AvgIpc) is 2.96. The maximum Gasteiger partial charge on any atom is 0.238 e. The molecule has 0 fully saturated rings. The van der Waals surface area contributed by atoms with Crippen LogP contribution in [0.25, 0.3) is 0 Å². The fourth-order valence-corrected chi connectivity index (χ4v) is 2.10. The Balaban J connectivity index is 1.46. The quantitative estimate of drug-likeness (QED) is 0.883. The molecule has 0 saturated heterocycles. The first-order chi connectivity index (χ1) is 10.3. The van der Waals surface area contributed by atoms with Crippen LogP contribution < -0.4 is 20.1 Å². The van der Waals surface area contributed by atoms with Crippen molar-refractivity contribution in [2.75, 3.05) is 18.7 Å². The zero-order chi connectivity index (χ0) is 14.5. The van der Waals surface area contributed by atoms with Crippen LogP contribution in [0.4, 0.5) is 5.69 Å². The third-order valence-corrected chi connectivity index (χ3v) is 3.11. The van der Waals surface area contributed by atoms with E-state index in [1.54, 1.807) is 0 Å². The minimum absolute atomic E-state index is 0.0676. The number of anilines is 1. The van der Waals surface area contributed by atoms with Gasteiger partial charge in [0.2, 0.25) is 12.7 Å². The van der Waals surface area contributed by atoms with E-state index >= 15 is 0 Å². The van der Waals surface area contributed by atoms with Gasteiger partial charge in [0.15, 0.2) is 11.5 Å². The Morgan fingerprint density at radius 3 is 2.71 bits per heavy atom. The van der Waals surface area contributed by atoms with Gasteiger partial charge in [-0.3, -0.25) is 4.79 Å². The maximum absolute atomic E-state index is 11.8. The van der Waals surface area contributed by atoms with Crippen LogP contribution in [-0.2, 0) is 11.3 Å². The van der Waals surface area contributed by atoms with Crippen molar-refractivity contribution in [2.45, 2.75) is 6.54 Å². The van der Waals surface area contributed by atoms with Crippen LogP contribution in [-0.4, -0.2) is 19.2 Å². The van der Waals surface area contributed by atoms with E-state index in [9.17, 15) is 4.79 Å². The van der Waals surface area contributed by atoms with Crippen LogP contribution in [0.15, 0.2) is 48.5 Å². The molecule has 1 amide bonds. The number of carbonyl (C=O) groups excluding carboxylic acids is 1. The number of hydrogen-bond acceptors (Lipinski definition) is 4. The van der Waals surface area contributed by atoms with Gasteiger partial charge >= 0.3 is 0 Å². The maximum atomic E-state index is 11.8. The van der Waals surface area contributed by atoms with E-state index in [-0.39, 0.29) is 19.2 Å². The molecule has 0 unspecified atom stereocenters. The number of nitrogens with one attached hydrogen (secondary N) is 2. The molecule has 0 radical (unpaired) electrons. The largest absolute Gasteiger partial charge is 0.454 e. The van der Waals surface area contributed by atoms with Crippen molar-refractivity contribution >= 4 is 11.6 Å². The van der Waals surface area contributed by atoms with Crippen LogP contribution in [0.5, 0.6) is 11.5 Å². The fraction of sp³-hybridized carbons (Fsp3) is 0.188. The predicted octanol–water partition coefficient (Wildman–Crippen LogP) is 2.14. The van der Waals surface area contributed by atoms with Crippen LogP contribution in [0.1, 0.15) is 5.56 Å². The third-order valence-electron chi connectivity index (χ3n) is 3.11. The van der Waals surface area contributed by atoms with E-state index in [0.717, 1.165) is 22.7 Å². The number of ether oxygens (including phenoxy) is 2. The summed E-state index contributed by atoms with van der Waals surface area (Å²) in [5, 5.41) is 5.93. The Morgan fingerprint density at radius 1 is 1.05 bits per heavy atom. The highest BCUT2D eigenvalue weighted by Crippen LogP contribution is 2.32. The number of amides is 1. The highest BCUT2D eigenvalue weighted by atomic mass is 16.7. The first-order valence-electron chi connectivity index (χ1n) is 6.75. The molecule has 108 valence electrons. The van der Waals surface area contributed by atoms with Crippen LogP contribution in [0, 0.1) is 0 Å². The molecule has 0 aliphatic carbocycles. The zero-order valence-electron chi connectivity index (χ0n) is 11.5. The first kappa shape index (κ1) is 13.5. The van der Waals surface area contributed by atoms with E-state index < -0.39 is 0 Å². The Morgan fingerprint density at radius 2 is 1.86 bits per heavy atom. The van der Waals surface area contributed by atoms with Gasteiger partial charge in [-0.1, -0.05) is 24.3 Å². The minimum Gasteiger partial charge on any atom is -0.454 e. The summed E-state index contributed by atoms with van der Waals surface area (Å²) in [6, 6.07) is 15.1. The monoisotopic (exact) mass is 284 g/mol. The second kappa shape index (κ2) is 6.28. The molecule has 0 spiro atoms. The van der Waals surface area contributed by atoms with Gasteiger partial charge in [-0.15, -0.1) is 0 Å². The molecule has 2 N–H and O–H groups in total. The van der Waals surface area contributed by atoms with Crippen molar-refractivity contribution in [1.29, 1.82) is 0 Å². The minimum atomic E-state index is -0.0676. The highest BCUT2D eigenvalue weighted by molar-refractivity contribution is 5.92. The molecule has 5 heteroatoms. The van der Waals surface area contributed by atoms with Crippen LogP contribution in [0.2, 0.25) is 0 Å². The van der Waals surface area contributed by atoms with E-state index in [1.165, 1.54) is 0 Å². The smallest absolute Gasteiger partial charge is 0.238 e. The summed E-state index contributed by atoms with van der Waals surface area (Å²) in [4.78, 5) is 11.8. The van der Waals surface area contributed by atoms with Crippen LogP contribution >= 0.6 is 0 Å². The molecule has 1 heterocycles. The number of hydrogen-bond donors (Lipinski definition) is 2. The number of benzene rings is 2. The molecule has 0 saturated carbocycles. The molecule has 2 aromatic carbocycles. The second-order valence-corrected chi connectivity index (χ2v) is 4.71. The summed E-state index contributed by atoms with van der Waals surface area (Å²) in [5.41, 5.74) is 1.85. The normalized spacial score (nSPS) is 12.2. The Labute approximate surface area is 122 Å². The van der Waals surface area contributed by atoms with Crippen molar-refractivity contribution in [2.24, 2.45) is 0 Å². The van der Waals surface area contributed by atoms with Crippen molar-refractivity contribution in [3.8, 4) is 11.5 Å². The molecule has 1 aliphatic rings. The van der Waals surface area contributed by atoms with Gasteiger partial charge in [0.05, 0.1) is 6.54 Å². The fourth-order valence-electron chi connectivity index (χ4n) is 2.10. The highest BCUT2D eigenvalue weighted by Gasteiger charge is 2.13. The van der Waals surface area contributed by atoms with Crippen molar-refractivity contribution < 1.29 is 14.3 Å². The summed E-state index contributed by atoms with van der Waals surface area (Å²) < 4.78 is 10.6. The lowest BCUT2D eigenvalue weighted by Gasteiger charge is -2.07. The standard InChI is InChI=1S/C16H16N2O3/c19-16(18-13-4-2-1-3-5-13)10-17-9-12-6-7-14-15(8-12)21-11-20-14/h1-8,17H,9-11H2,(H,18,19). The van der Waals surface area contributed by atoms with Gasteiger partial charge in [-0.05, 0) is 29.8 Å². The van der Waals surface area contributed by atoms with E-state index in [2.05, 4.69) is 10.6 Å². The second-order valence-electron chi connectivity index (χ2n) is 4.71. The molecule has 0 bridgehead atoms. The molecule has 21 heavy (non-hydrogen) atoms. The van der Waals surface area contributed by atoms with Gasteiger partial charge in [0.1, 0.15) is 0 Å². The lowest BCUT2D eigenvalue weighted by atomic mass is 10.2. The molecule has 0 aromatic heterocycles. The summed E-state index contributed by atoms with van der Waals surface area (Å²) in [7, 11) is 0. The molecular formula is C16H16N2O3. The molecular weight excluding hydrogens is 268 g/mol. The van der Waals surface area contributed by atoms with Gasteiger partial charge in [-0.25, -0.2) is 0 Å². The summed E-state index contributed by atoms with van der Waals surface area (Å²) in [6.07, 6.45) is 0. The third kappa shape index (κ3) is 3.52. The van der Waals surface area contributed by atoms with Gasteiger partial charge in [0, 0.05) is 12.2 Å². The molecule has 0 atom stereocenters. The lowest BCUT2D eigenvalue weighted by molar-refractivity contribution is -0.115. The van der Waals surface area contributed by atoms with Gasteiger partial charge in [-0.2, -0.15) is 0 Å². The number of para-hydroxylation sites is 1. The van der Waals surface area contributed by atoms with Gasteiger partial charge in [0.25, 0.3) is 0 Å². The summed E-state index contributed by atoms with van der Waals surface area (Å²) in [5.74, 6) is 1.45. The van der Waals surface area contributed by atoms with Gasteiger partial charge < -0.3 is 20.1 Å². The lowest BCUT2D eigenvalue weighted by Crippen LogP contribution is -2.27. The van der Waals surface area contributed by atoms with Crippen molar-refractivity contribution in [3.05, 3.63) is 54.1 Å². The van der Waals surface area contributed by atoms with E-state index in [4.69, 9.17) is 9.47 Å². The number of carbonyl (C=O) groups is 1. The average molecular weight is 284 g/mol. The Kier molecular flexibility index (Phi) is 4.02. The van der Waals surface area contributed by atoms with Crippen molar-refractivity contribution in [1.82, 2.24) is 5.32 Å². The number of fused-ring (bicyclic) bond motifs is 1. The van der Waals surface area contributed by atoms with Crippen LogP contribution in [0.3, 0.4) is 0 Å².